The first-order valence-electron chi connectivity index (χ1n) is 7.00. The van der Waals surface area contributed by atoms with Crippen molar-refractivity contribution in [2.45, 2.75) is 19.6 Å². The van der Waals surface area contributed by atoms with Gasteiger partial charge in [0.2, 0.25) is 0 Å². The van der Waals surface area contributed by atoms with Gasteiger partial charge in [0, 0.05) is 5.56 Å². The molecule has 1 aromatic heterocycles. The van der Waals surface area contributed by atoms with Crippen molar-refractivity contribution in [2.24, 2.45) is 0 Å². The number of aromatic nitrogens is 1. The van der Waals surface area contributed by atoms with Crippen LogP contribution in [-0.2, 0) is 4.74 Å². The van der Waals surface area contributed by atoms with Gasteiger partial charge >= 0.3 is 5.97 Å². The lowest BCUT2D eigenvalue weighted by molar-refractivity contribution is 0.0595. The number of halogens is 2. The second-order valence-electron chi connectivity index (χ2n) is 6.17. The predicted molar refractivity (Wildman–Crippen MR) is 93.4 cm³/mol. The minimum atomic E-state index is -1.47. The van der Waals surface area contributed by atoms with Gasteiger partial charge in [0.05, 0.1) is 20.9 Å². The quantitative estimate of drug-likeness (QED) is 0.522. The molecule has 0 saturated carbocycles. The summed E-state index contributed by atoms with van der Waals surface area (Å²) in [7, 11) is -0.249. The molecule has 23 heavy (non-hydrogen) atoms. The van der Waals surface area contributed by atoms with Gasteiger partial charge < -0.3 is 10.5 Å². The summed E-state index contributed by atoms with van der Waals surface area (Å²) < 4.78 is 18.7. The van der Waals surface area contributed by atoms with E-state index in [2.05, 4.69) is 24.6 Å². The van der Waals surface area contributed by atoms with Gasteiger partial charge in [0.25, 0.3) is 0 Å². The summed E-state index contributed by atoms with van der Waals surface area (Å²) in [5.74, 6) is -1.56. The van der Waals surface area contributed by atoms with Crippen molar-refractivity contribution < 1.29 is 13.9 Å². The third kappa shape index (κ3) is 3.38. The maximum Gasteiger partial charge on any atom is 0.357 e. The molecule has 0 fully saturated rings. The Hall–Kier alpha value is -1.92. The van der Waals surface area contributed by atoms with Gasteiger partial charge in [-0.25, -0.2) is 14.2 Å². The maximum absolute atomic E-state index is 14.0. The summed E-state index contributed by atoms with van der Waals surface area (Å²) in [5, 5.41) is 0.784. The van der Waals surface area contributed by atoms with E-state index in [0.29, 0.717) is 5.56 Å². The molecule has 0 aliphatic carbocycles. The van der Waals surface area contributed by atoms with Gasteiger partial charge in [-0.1, -0.05) is 60.7 Å². The highest BCUT2D eigenvalue weighted by Crippen LogP contribution is 2.33. The molecule has 2 rings (SSSR count). The number of carbonyl (C=O) groups is 1. The van der Waals surface area contributed by atoms with Crippen LogP contribution in [0.3, 0.4) is 0 Å². The second-order valence-corrected chi connectivity index (χ2v) is 11.6. The molecule has 4 nitrogen and oxygen atoms in total. The summed E-state index contributed by atoms with van der Waals surface area (Å²) in [5.41, 5.74) is 6.30. The number of hydrogen-bond acceptors (Lipinski definition) is 4. The lowest BCUT2D eigenvalue weighted by Gasteiger charge is -2.18. The Labute approximate surface area is 140 Å². The standard InChI is InChI=1S/C16H18ClFN2O2Si/c1-22-16(21)14-11(13(19)12(18)15(17)20-14)9-5-7-10(8-6-9)23(2,3)4/h5-8H,1-4H3,(H2,19,20). The monoisotopic (exact) mass is 352 g/mol. The molecule has 1 aromatic carbocycles. The molecule has 1 heterocycles. The van der Waals surface area contributed by atoms with E-state index < -0.39 is 25.0 Å². The number of hydrogen-bond donors (Lipinski definition) is 1. The summed E-state index contributed by atoms with van der Waals surface area (Å²) in [4.78, 5) is 15.7. The second kappa shape index (κ2) is 6.29. The van der Waals surface area contributed by atoms with E-state index in [1.54, 1.807) is 12.1 Å². The normalized spacial score (nSPS) is 11.4. The van der Waals surface area contributed by atoms with Gasteiger partial charge in [-0.05, 0) is 5.56 Å². The van der Waals surface area contributed by atoms with E-state index in [1.165, 1.54) is 12.3 Å². The van der Waals surface area contributed by atoms with E-state index in [9.17, 15) is 9.18 Å². The number of rotatable bonds is 3. The Balaban J connectivity index is 2.67. The third-order valence-corrected chi connectivity index (χ3v) is 5.87. The minimum absolute atomic E-state index is 0.0999. The van der Waals surface area contributed by atoms with Crippen LogP contribution in [0.2, 0.25) is 24.8 Å². The fourth-order valence-corrected chi connectivity index (χ4v) is 3.58. The summed E-state index contributed by atoms with van der Waals surface area (Å²) in [6.45, 7) is 6.67. The molecule has 0 aliphatic heterocycles. The molecule has 7 heteroatoms. The summed E-state index contributed by atoms with van der Waals surface area (Å²) in [6.07, 6.45) is 0. The van der Waals surface area contributed by atoms with E-state index >= 15 is 0 Å². The van der Waals surface area contributed by atoms with Crippen LogP contribution in [0.4, 0.5) is 10.1 Å². The Morgan fingerprint density at radius 2 is 1.83 bits per heavy atom. The van der Waals surface area contributed by atoms with Crippen molar-refractivity contribution in [2.75, 3.05) is 12.8 Å². The first-order valence-corrected chi connectivity index (χ1v) is 10.9. The van der Waals surface area contributed by atoms with Crippen LogP contribution in [0.25, 0.3) is 11.1 Å². The third-order valence-electron chi connectivity index (χ3n) is 3.55. The van der Waals surface area contributed by atoms with Gasteiger partial charge in [0.1, 0.15) is 0 Å². The van der Waals surface area contributed by atoms with Crippen molar-refractivity contribution in [1.29, 1.82) is 0 Å². The number of methoxy groups -OCH3 is 1. The van der Waals surface area contributed by atoms with Crippen molar-refractivity contribution in [3.05, 3.63) is 40.9 Å². The van der Waals surface area contributed by atoms with Crippen LogP contribution in [0, 0.1) is 5.82 Å². The highest BCUT2D eigenvalue weighted by atomic mass is 35.5. The molecular weight excluding hydrogens is 335 g/mol. The van der Waals surface area contributed by atoms with Crippen molar-refractivity contribution >= 4 is 36.5 Å². The lowest BCUT2D eigenvalue weighted by atomic mass is 10.0. The minimum Gasteiger partial charge on any atom is -0.464 e. The zero-order chi connectivity index (χ0) is 17.4. The molecule has 122 valence electrons. The number of carbonyl (C=O) groups excluding carboxylic acids is 1. The highest BCUT2D eigenvalue weighted by Gasteiger charge is 2.24. The number of nitrogens with two attached hydrogens (primary N) is 1. The van der Waals surface area contributed by atoms with Crippen LogP contribution in [0.5, 0.6) is 0 Å². The molecule has 0 atom stereocenters. The van der Waals surface area contributed by atoms with Crippen LogP contribution >= 0.6 is 11.6 Å². The van der Waals surface area contributed by atoms with E-state index in [4.69, 9.17) is 22.1 Å². The van der Waals surface area contributed by atoms with Crippen molar-refractivity contribution in [1.82, 2.24) is 4.98 Å². The largest absolute Gasteiger partial charge is 0.464 e. The molecule has 2 aromatic rings. The molecule has 0 saturated heterocycles. The number of anilines is 1. The predicted octanol–water partition coefficient (Wildman–Crippen LogP) is 3.46. The van der Waals surface area contributed by atoms with E-state index in [0.717, 1.165) is 0 Å². The van der Waals surface area contributed by atoms with Crippen LogP contribution < -0.4 is 10.9 Å². The molecular formula is C16H18ClFN2O2Si. The lowest BCUT2D eigenvalue weighted by Crippen LogP contribution is -2.37. The summed E-state index contributed by atoms with van der Waals surface area (Å²) in [6, 6.07) is 7.55. The zero-order valence-corrected chi connectivity index (χ0v) is 15.2. The number of nitrogens with zero attached hydrogens (tertiary/aromatic N) is 1. The number of benzene rings is 1. The van der Waals surface area contributed by atoms with Crippen molar-refractivity contribution in [3.63, 3.8) is 0 Å². The number of pyridine rings is 1. The number of nitrogen functional groups attached to an aromatic ring is 1. The topological polar surface area (TPSA) is 65.2 Å². The molecule has 0 radical (unpaired) electrons. The highest BCUT2D eigenvalue weighted by molar-refractivity contribution is 6.88. The Morgan fingerprint density at radius 1 is 1.26 bits per heavy atom. The first kappa shape index (κ1) is 17.4. The Bertz CT molecular complexity index is 758. The molecule has 0 aliphatic rings. The molecule has 0 spiro atoms. The average molecular weight is 353 g/mol. The van der Waals surface area contributed by atoms with Crippen LogP contribution in [-0.4, -0.2) is 26.1 Å². The number of ether oxygens (including phenoxy) is 1. The van der Waals surface area contributed by atoms with Gasteiger partial charge in [-0.3, -0.25) is 0 Å². The number of esters is 1. The Kier molecular flexibility index (Phi) is 4.77. The Morgan fingerprint density at radius 3 is 2.30 bits per heavy atom. The zero-order valence-electron chi connectivity index (χ0n) is 13.4. The molecule has 2 N–H and O–H groups in total. The first-order chi connectivity index (χ1) is 10.7. The van der Waals surface area contributed by atoms with E-state index in [1.807, 2.05) is 12.1 Å². The average Bonchev–Trinajstić information content (AvgIpc) is 2.50. The van der Waals surface area contributed by atoms with Crippen molar-refractivity contribution in [3.8, 4) is 11.1 Å². The van der Waals surface area contributed by atoms with E-state index in [-0.39, 0.29) is 16.9 Å². The fourth-order valence-electron chi connectivity index (χ4n) is 2.23. The van der Waals surface area contributed by atoms with Gasteiger partial charge in [-0.2, -0.15) is 0 Å². The van der Waals surface area contributed by atoms with Crippen LogP contribution in [0.1, 0.15) is 10.5 Å². The molecule has 0 amide bonds. The fraction of sp³-hybridized carbons (Fsp3) is 0.250. The molecule has 0 bridgehead atoms. The molecule has 0 unspecified atom stereocenters. The maximum atomic E-state index is 14.0. The van der Waals surface area contributed by atoms with Crippen LogP contribution in [0.15, 0.2) is 24.3 Å². The SMILES string of the molecule is COC(=O)c1nc(Cl)c(F)c(N)c1-c1ccc([Si](C)(C)C)cc1. The smallest absolute Gasteiger partial charge is 0.357 e. The van der Waals surface area contributed by atoms with Gasteiger partial charge in [0.15, 0.2) is 16.7 Å². The summed E-state index contributed by atoms with van der Waals surface area (Å²) >= 11 is 5.70. The van der Waals surface area contributed by atoms with Gasteiger partial charge in [-0.15, -0.1) is 0 Å².